The van der Waals surface area contributed by atoms with Crippen molar-refractivity contribution in [3.63, 3.8) is 0 Å². The maximum absolute atomic E-state index is 9.31. The molecule has 2 radical (unpaired) electrons. The molecule has 0 fully saturated rings. The highest BCUT2D eigenvalue weighted by molar-refractivity contribution is 4.71. The molecule has 5 heavy (non-hydrogen) atoms. The van der Waals surface area contributed by atoms with Crippen molar-refractivity contribution in [2.24, 2.45) is 0 Å². The molecule has 0 aliphatic heterocycles. The molecular weight excluding hydrogens is 64.0 g/mol. The van der Waals surface area contributed by atoms with Gasteiger partial charge in [0.15, 0.2) is 0 Å². The highest BCUT2D eigenvalue weighted by Gasteiger charge is 1.56. The Morgan fingerprint density at radius 2 is 2.40 bits per heavy atom. The van der Waals surface area contributed by atoms with Crippen LogP contribution in [0.5, 0.6) is 0 Å². The van der Waals surface area contributed by atoms with Gasteiger partial charge in [0.1, 0.15) is 6.26 Å². The third-order valence-corrected chi connectivity index (χ3v) is 0.263. The molecule has 0 rings (SSSR count). The molecule has 0 aliphatic rings. The fourth-order valence-electron chi connectivity index (χ4n) is 0.0680. The molecular formula is C4H6O. The Balaban J connectivity index is 2.62. The number of rotatable bonds is 1. The summed E-state index contributed by atoms with van der Waals surface area (Å²) in [7, 11) is 0. The summed E-state index contributed by atoms with van der Waals surface area (Å²) in [5.74, 6) is 0. The Bertz CT molecular complexity index is 30.6. The van der Waals surface area contributed by atoms with E-state index in [0.717, 1.165) is 6.26 Å². The van der Waals surface area contributed by atoms with Crippen LogP contribution in [-0.4, -0.2) is 0 Å². The van der Waals surface area contributed by atoms with Gasteiger partial charge in [-0.2, -0.15) is 0 Å². The molecule has 0 atom stereocenters. The zero-order chi connectivity index (χ0) is 4.12. The Kier molecular flexibility index (Phi) is 3.21. The van der Waals surface area contributed by atoms with Crippen LogP contribution >= 0.6 is 0 Å². The highest BCUT2D eigenvalue weighted by Crippen LogP contribution is 1.71. The van der Waals surface area contributed by atoms with E-state index in [1.54, 1.807) is 0 Å². The average molecular weight is 70.1 g/mol. The summed E-state index contributed by atoms with van der Waals surface area (Å²) < 4.78 is 0. The third-order valence-electron chi connectivity index (χ3n) is 0.263. The van der Waals surface area contributed by atoms with Crippen LogP contribution in [0.2, 0.25) is 0 Å². The molecule has 1 nitrogen and oxygen atoms in total. The van der Waals surface area contributed by atoms with Crippen LogP contribution in [0.15, 0.2) is 12.3 Å². The van der Waals surface area contributed by atoms with Crippen molar-refractivity contribution < 1.29 is 5.11 Å². The van der Waals surface area contributed by atoms with E-state index < -0.39 is 0 Å². The van der Waals surface area contributed by atoms with Crippen LogP contribution < -0.4 is 0 Å². The van der Waals surface area contributed by atoms with Crippen LogP contribution in [0.4, 0.5) is 0 Å². The normalized spacial score (nSPS) is 9.80. The minimum atomic E-state index is 0.601. The van der Waals surface area contributed by atoms with Gasteiger partial charge >= 0.3 is 0 Å². The van der Waals surface area contributed by atoms with Crippen LogP contribution in [0, 0.1) is 6.92 Å². The van der Waals surface area contributed by atoms with E-state index in [1.807, 2.05) is 0 Å². The lowest BCUT2D eigenvalue weighted by molar-refractivity contribution is 0.350. The third kappa shape index (κ3) is 3.54. The first-order valence-electron chi connectivity index (χ1n) is 1.48. The first-order chi connectivity index (χ1) is 2.41. The van der Waals surface area contributed by atoms with E-state index >= 15 is 0 Å². The lowest BCUT2D eigenvalue weighted by Crippen LogP contribution is -1.46. The largest absolute Gasteiger partial charge is 0.299 e. The van der Waals surface area contributed by atoms with E-state index in [0.29, 0.717) is 6.42 Å². The van der Waals surface area contributed by atoms with Gasteiger partial charge in [0.05, 0.1) is 0 Å². The Morgan fingerprint density at radius 3 is 2.40 bits per heavy atom. The Hall–Kier alpha value is -0.460. The quantitative estimate of drug-likeness (QED) is 0.412. The van der Waals surface area contributed by atoms with Crippen molar-refractivity contribution in [1.82, 2.24) is 0 Å². The monoisotopic (exact) mass is 70.0 g/mol. The minimum Gasteiger partial charge on any atom is -0.299 e. The summed E-state index contributed by atoms with van der Waals surface area (Å²) in [6.45, 7) is 3.39. The molecule has 1 heteroatoms. The first-order valence-corrected chi connectivity index (χ1v) is 1.48. The summed E-state index contributed by atoms with van der Waals surface area (Å²) in [6, 6.07) is 0. The van der Waals surface area contributed by atoms with Gasteiger partial charge in [-0.25, -0.2) is 0 Å². The molecule has 0 aromatic carbocycles. The van der Waals surface area contributed by atoms with Crippen molar-refractivity contribution in [2.75, 3.05) is 0 Å². The van der Waals surface area contributed by atoms with Gasteiger partial charge in [0.25, 0.3) is 0 Å². The van der Waals surface area contributed by atoms with Gasteiger partial charge in [-0.15, -0.1) is 0 Å². The van der Waals surface area contributed by atoms with E-state index in [1.165, 1.54) is 6.08 Å². The second-order valence-corrected chi connectivity index (χ2v) is 0.660. The fourth-order valence-corrected chi connectivity index (χ4v) is 0.0680. The molecule has 0 aromatic rings. The number of hydrogen-bond donors (Lipinski definition) is 0. The van der Waals surface area contributed by atoms with Crippen LogP contribution in [0.1, 0.15) is 6.42 Å². The molecule has 0 unspecified atom stereocenters. The van der Waals surface area contributed by atoms with Gasteiger partial charge in [0, 0.05) is 0 Å². The zero-order valence-electron chi connectivity index (χ0n) is 2.98. The maximum Gasteiger partial charge on any atom is 0.138 e. The summed E-state index contributed by atoms with van der Waals surface area (Å²) in [5, 5.41) is 9.31. The smallest absolute Gasteiger partial charge is 0.138 e. The van der Waals surface area contributed by atoms with E-state index in [4.69, 9.17) is 0 Å². The molecule has 0 bridgehead atoms. The van der Waals surface area contributed by atoms with Gasteiger partial charge in [0.2, 0.25) is 0 Å². The van der Waals surface area contributed by atoms with E-state index in [9.17, 15) is 5.11 Å². The van der Waals surface area contributed by atoms with Gasteiger partial charge in [-0.3, -0.25) is 5.11 Å². The minimum absolute atomic E-state index is 0.601. The maximum atomic E-state index is 9.31. The van der Waals surface area contributed by atoms with Crippen molar-refractivity contribution in [1.29, 1.82) is 0 Å². The van der Waals surface area contributed by atoms with E-state index in [-0.39, 0.29) is 0 Å². The van der Waals surface area contributed by atoms with Gasteiger partial charge in [-0.1, -0.05) is 0 Å². The van der Waals surface area contributed by atoms with Gasteiger partial charge in [-0.05, 0) is 19.4 Å². The lowest BCUT2D eigenvalue weighted by Gasteiger charge is -1.61. The number of hydrogen-bond acceptors (Lipinski definition) is 0. The standard InChI is InChI=1S/C4H6O/c1-2-3-4-5/h3-4H,1-2H2. The zero-order valence-corrected chi connectivity index (χ0v) is 2.98. The Labute approximate surface area is 31.9 Å². The molecule has 0 N–H and O–H groups in total. The molecule has 0 amide bonds. The Morgan fingerprint density at radius 1 is 1.80 bits per heavy atom. The lowest BCUT2D eigenvalue weighted by atomic mass is 10.5. The predicted octanol–water partition coefficient (Wildman–Crippen LogP) is 1.15. The predicted molar refractivity (Wildman–Crippen MR) is 19.8 cm³/mol. The SMILES string of the molecule is [CH2]CC=C[O]. The van der Waals surface area contributed by atoms with E-state index in [2.05, 4.69) is 6.92 Å². The van der Waals surface area contributed by atoms with Crippen molar-refractivity contribution >= 4 is 0 Å². The highest BCUT2D eigenvalue weighted by atomic mass is 16.2. The van der Waals surface area contributed by atoms with Gasteiger partial charge < -0.3 is 0 Å². The number of allylic oxidation sites excluding steroid dienone is 1. The summed E-state index contributed by atoms with van der Waals surface area (Å²) in [6.07, 6.45) is 2.80. The summed E-state index contributed by atoms with van der Waals surface area (Å²) in [5.41, 5.74) is 0. The molecule has 0 aromatic heterocycles. The molecule has 28 valence electrons. The second-order valence-electron chi connectivity index (χ2n) is 0.660. The van der Waals surface area contributed by atoms with Crippen LogP contribution in [-0.2, 0) is 5.11 Å². The molecule has 0 aliphatic carbocycles. The van der Waals surface area contributed by atoms with Crippen LogP contribution in [0.25, 0.3) is 0 Å². The van der Waals surface area contributed by atoms with Crippen molar-refractivity contribution in [2.45, 2.75) is 6.42 Å². The average Bonchev–Trinajstić information content (AvgIpc) is 1.41. The summed E-state index contributed by atoms with van der Waals surface area (Å²) >= 11 is 0. The molecule has 0 saturated heterocycles. The molecule has 0 saturated carbocycles. The van der Waals surface area contributed by atoms with Crippen molar-refractivity contribution in [3.8, 4) is 0 Å². The molecule has 0 heterocycles. The first kappa shape index (κ1) is 4.54. The fraction of sp³-hybridized carbons (Fsp3) is 0.250. The van der Waals surface area contributed by atoms with Crippen molar-refractivity contribution in [3.05, 3.63) is 19.3 Å². The topological polar surface area (TPSA) is 19.9 Å². The second kappa shape index (κ2) is 3.54. The summed E-state index contributed by atoms with van der Waals surface area (Å²) in [4.78, 5) is 0. The molecule has 0 spiro atoms. The van der Waals surface area contributed by atoms with Crippen LogP contribution in [0.3, 0.4) is 0 Å².